The first-order valence-corrected chi connectivity index (χ1v) is 7.93. The molecule has 0 unspecified atom stereocenters. The Morgan fingerprint density at radius 2 is 1.75 bits per heavy atom. The molecule has 0 N–H and O–H groups in total. The number of Topliss-reactive ketones (excluding diaryl/α,β-unsaturated/α-hetero) is 1. The quantitative estimate of drug-likeness (QED) is 0.808. The minimum atomic E-state index is -3.65. The summed E-state index contributed by atoms with van der Waals surface area (Å²) in [6.45, 7) is 1.20. The second-order valence-corrected chi connectivity index (χ2v) is 6.63. The lowest BCUT2D eigenvalue weighted by Crippen LogP contribution is -2.38. The maximum absolute atomic E-state index is 12.6. The van der Waals surface area contributed by atoms with Gasteiger partial charge in [-0.05, 0) is 12.1 Å². The summed E-state index contributed by atoms with van der Waals surface area (Å²) in [5.74, 6) is 0.826. The van der Waals surface area contributed by atoms with Gasteiger partial charge in [0, 0.05) is 25.9 Å². The molecule has 1 aromatic rings. The number of sulfonamides is 1. The Kier molecular flexibility index (Phi) is 3.39. The zero-order valence-corrected chi connectivity index (χ0v) is 11.7. The fraction of sp³-hybridized carbons (Fsp3) is 0.462. The molecular formula is C13H15NO5S. The molecule has 0 radical (unpaired) electrons. The lowest BCUT2D eigenvalue weighted by molar-refractivity contribution is -0.120. The number of rotatable bonds is 2. The molecule has 0 saturated carbocycles. The summed E-state index contributed by atoms with van der Waals surface area (Å²) in [6, 6.07) is 4.84. The van der Waals surface area contributed by atoms with E-state index in [1.54, 1.807) is 12.1 Å². The summed E-state index contributed by atoms with van der Waals surface area (Å²) in [5.41, 5.74) is 0. The fourth-order valence-corrected chi connectivity index (χ4v) is 3.95. The Morgan fingerprint density at radius 3 is 2.50 bits per heavy atom. The van der Waals surface area contributed by atoms with Crippen molar-refractivity contribution in [1.29, 1.82) is 0 Å². The molecule has 0 amide bonds. The predicted molar refractivity (Wildman–Crippen MR) is 70.4 cm³/mol. The van der Waals surface area contributed by atoms with E-state index in [1.807, 2.05) is 0 Å². The first-order valence-electron chi connectivity index (χ1n) is 6.49. The van der Waals surface area contributed by atoms with Crippen LogP contribution in [0.1, 0.15) is 12.8 Å². The fourth-order valence-electron chi connectivity index (χ4n) is 2.37. The van der Waals surface area contributed by atoms with E-state index in [1.165, 1.54) is 10.4 Å². The van der Waals surface area contributed by atoms with Crippen LogP contribution in [0.4, 0.5) is 0 Å². The highest BCUT2D eigenvalue weighted by molar-refractivity contribution is 7.89. The van der Waals surface area contributed by atoms with Crippen molar-refractivity contribution in [2.75, 3.05) is 26.3 Å². The SMILES string of the molecule is O=C1CCN(S(=O)(=O)c2cccc3c2OCCO3)CC1. The van der Waals surface area contributed by atoms with Crippen molar-refractivity contribution in [1.82, 2.24) is 4.31 Å². The van der Waals surface area contributed by atoms with E-state index in [0.29, 0.717) is 19.0 Å². The Labute approximate surface area is 117 Å². The zero-order valence-electron chi connectivity index (χ0n) is 10.9. The minimum absolute atomic E-state index is 0.103. The monoisotopic (exact) mass is 297 g/mol. The Morgan fingerprint density at radius 1 is 1.05 bits per heavy atom. The van der Waals surface area contributed by atoms with Gasteiger partial charge in [0.15, 0.2) is 11.5 Å². The number of ketones is 1. The molecule has 2 aliphatic rings. The molecular weight excluding hydrogens is 282 g/mol. The maximum Gasteiger partial charge on any atom is 0.246 e. The topological polar surface area (TPSA) is 72.9 Å². The summed E-state index contributed by atoms with van der Waals surface area (Å²) < 4.78 is 37.5. The Bertz CT molecular complexity index is 630. The van der Waals surface area contributed by atoms with Crippen LogP contribution in [-0.4, -0.2) is 44.8 Å². The van der Waals surface area contributed by atoms with Gasteiger partial charge < -0.3 is 9.47 Å². The molecule has 0 spiro atoms. The number of carbonyl (C=O) groups is 1. The van der Waals surface area contributed by atoms with Gasteiger partial charge in [-0.15, -0.1) is 0 Å². The molecule has 0 bridgehead atoms. The van der Waals surface area contributed by atoms with Crippen molar-refractivity contribution in [2.45, 2.75) is 17.7 Å². The number of carbonyl (C=O) groups excluding carboxylic acids is 1. The van der Waals surface area contributed by atoms with Crippen molar-refractivity contribution in [3.8, 4) is 11.5 Å². The van der Waals surface area contributed by atoms with Crippen molar-refractivity contribution < 1.29 is 22.7 Å². The van der Waals surface area contributed by atoms with Crippen LogP contribution in [0.15, 0.2) is 23.1 Å². The molecule has 1 saturated heterocycles. The third-order valence-electron chi connectivity index (χ3n) is 3.43. The van der Waals surface area contributed by atoms with E-state index < -0.39 is 10.0 Å². The average molecular weight is 297 g/mol. The maximum atomic E-state index is 12.6. The van der Waals surface area contributed by atoms with Gasteiger partial charge in [0.25, 0.3) is 0 Å². The van der Waals surface area contributed by atoms with Gasteiger partial charge in [-0.25, -0.2) is 8.42 Å². The molecule has 0 atom stereocenters. The molecule has 108 valence electrons. The number of hydrogen-bond acceptors (Lipinski definition) is 5. The molecule has 1 aromatic carbocycles. The molecule has 6 nitrogen and oxygen atoms in total. The summed E-state index contributed by atoms with van der Waals surface area (Å²) in [7, 11) is -3.65. The summed E-state index contributed by atoms with van der Waals surface area (Å²) in [6.07, 6.45) is 0.539. The van der Waals surface area contributed by atoms with E-state index in [2.05, 4.69) is 0 Å². The van der Waals surface area contributed by atoms with E-state index in [-0.39, 0.29) is 42.4 Å². The van der Waals surface area contributed by atoms with Gasteiger partial charge in [-0.1, -0.05) is 6.07 Å². The lowest BCUT2D eigenvalue weighted by atomic mass is 10.1. The van der Waals surface area contributed by atoms with Crippen molar-refractivity contribution in [3.05, 3.63) is 18.2 Å². The van der Waals surface area contributed by atoms with E-state index >= 15 is 0 Å². The molecule has 3 rings (SSSR count). The van der Waals surface area contributed by atoms with Crippen LogP contribution in [0.3, 0.4) is 0 Å². The average Bonchev–Trinajstić information content (AvgIpc) is 2.47. The van der Waals surface area contributed by atoms with Gasteiger partial charge in [0.2, 0.25) is 10.0 Å². The number of hydrogen-bond donors (Lipinski definition) is 0. The number of para-hydroxylation sites is 1. The van der Waals surface area contributed by atoms with Gasteiger partial charge in [-0.3, -0.25) is 4.79 Å². The highest BCUT2D eigenvalue weighted by Gasteiger charge is 2.32. The van der Waals surface area contributed by atoms with Crippen LogP contribution in [0.5, 0.6) is 11.5 Å². The van der Waals surface area contributed by atoms with Gasteiger partial charge >= 0.3 is 0 Å². The third-order valence-corrected chi connectivity index (χ3v) is 5.35. The third kappa shape index (κ3) is 2.27. The standard InChI is InChI=1S/C13H15NO5S/c15-10-4-6-14(7-5-10)20(16,17)12-3-1-2-11-13(12)19-9-8-18-11/h1-3H,4-9H2. The summed E-state index contributed by atoms with van der Waals surface area (Å²) in [5, 5.41) is 0. The smallest absolute Gasteiger partial charge is 0.246 e. The first-order chi connectivity index (χ1) is 9.59. The molecule has 20 heavy (non-hydrogen) atoms. The summed E-state index contributed by atoms with van der Waals surface area (Å²) in [4.78, 5) is 11.4. The Balaban J connectivity index is 1.97. The second kappa shape index (κ2) is 5.06. The zero-order chi connectivity index (χ0) is 14.2. The predicted octanol–water partition coefficient (Wildman–Crippen LogP) is 0.811. The summed E-state index contributed by atoms with van der Waals surface area (Å²) >= 11 is 0. The molecule has 0 aromatic heterocycles. The number of ether oxygens (including phenoxy) is 2. The highest BCUT2D eigenvalue weighted by atomic mass is 32.2. The van der Waals surface area contributed by atoms with E-state index in [4.69, 9.17) is 9.47 Å². The van der Waals surface area contributed by atoms with Crippen molar-refractivity contribution >= 4 is 15.8 Å². The largest absolute Gasteiger partial charge is 0.486 e. The van der Waals surface area contributed by atoms with Gasteiger partial charge in [0.05, 0.1) is 0 Å². The number of nitrogens with zero attached hydrogens (tertiary/aromatic N) is 1. The number of piperidine rings is 1. The van der Waals surface area contributed by atoms with E-state index in [9.17, 15) is 13.2 Å². The van der Waals surface area contributed by atoms with Crippen LogP contribution < -0.4 is 9.47 Å². The van der Waals surface area contributed by atoms with Crippen molar-refractivity contribution in [3.63, 3.8) is 0 Å². The van der Waals surface area contributed by atoms with Crippen molar-refractivity contribution in [2.24, 2.45) is 0 Å². The Hall–Kier alpha value is -1.60. The minimum Gasteiger partial charge on any atom is -0.486 e. The van der Waals surface area contributed by atoms with Gasteiger partial charge in [0.1, 0.15) is 23.9 Å². The number of fused-ring (bicyclic) bond motifs is 1. The van der Waals surface area contributed by atoms with Crippen LogP contribution in [0.2, 0.25) is 0 Å². The second-order valence-electron chi connectivity index (χ2n) is 4.72. The normalized spacial score (nSPS) is 19.9. The van der Waals surface area contributed by atoms with Crippen LogP contribution >= 0.6 is 0 Å². The van der Waals surface area contributed by atoms with Crippen LogP contribution in [-0.2, 0) is 14.8 Å². The molecule has 7 heteroatoms. The molecule has 2 heterocycles. The first kappa shape index (κ1) is 13.4. The highest BCUT2D eigenvalue weighted by Crippen LogP contribution is 2.37. The lowest BCUT2D eigenvalue weighted by Gasteiger charge is -2.27. The number of benzene rings is 1. The van der Waals surface area contributed by atoms with Crippen LogP contribution in [0.25, 0.3) is 0 Å². The van der Waals surface area contributed by atoms with Gasteiger partial charge in [-0.2, -0.15) is 4.31 Å². The molecule has 2 aliphatic heterocycles. The van der Waals surface area contributed by atoms with Crippen LogP contribution in [0, 0.1) is 0 Å². The molecule has 1 fully saturated rings. The molecule has 0 aliphatic carbocycles. The van der Waals surface area contributed by atoms with E-state index in [0.717, 1.165) is 0 Å².